The smallest absolute Gasteiger partial charge is 0.265 e. The molecule has 0 radical (unpaired) electrons. The number of hydrogen-bond acceptors (Lipinski definition) is 5. The standard InChI is InChI=1S/C24H23ClN2O5S/c1-16(17-9-11-21-22(14-17)32-13-12-31-21)26-24(28)18-8-10-20(25)23(15-18)33(29,30)27(2)19-6-4-3-5-7-19/h3-11,14-16H,12-13H2,1-2H3,(H,26,28)/t16-/m0/s1. The molecule has 1 N–H and O–H groups in total. The van der Waals surface area contributed by atoms with Crippen LogP contribution in [0.15, 0.2) is 71.6 Å². The fourth-order valence-electron chi connectivity index (χ4n) is 3.46. The molecule has 0 aliphatic carbocycles. The zero-order chi connectivity index (χ0) is 23.6. The summed E-state index contributed by atoms with van der Waals surface area (Å²) in [5, 5.41) is 2.93. The molecular weight excluding hydrogens is 464 g/mol. The SMILES string of the molecule is C[C@H](NC(=O)c1ccc(Cl)c(S(=O)(=O)N(C)c2ccccc2)c1)c1ccc2c(c1)OCCO2. The first-order chi connectivity index (χ1) is 15.8. The summed E-state index contributed by atoms with van der Waals surface area (Å²) < 4.78 is 38.7. The van der Waals surface area contributed by atoms with Gasteiger partial charge in [-0.2, -0.15) is 0 Å². The van der Waals surface area contributed by atoms with Gasteiger partial charge in [0.05, 0.1) is 16.8 Å². The number of halogens is 1. The summed E-state index contributed by atoms with van der Waals surface area (Å²) in [7, 11) is -2.54. The fourth-order valence-corrected chi connectivity index (χ4v) is 5.15. The summed E-state index contributed by atoms with van der Waals surface area (Å²) in [4.78, 5) is 12.8. The maximum Gasteiger partial charge on any atom is 0.265 e. The van der Waals surface area contributed by atoms with Crippen LogP contribution in [-0.2, 0) is 10.0 Å². The van der Waals surface area contributed by atoms with Crippen molar-refractivity contribution in [1.29, 1.82) is 0 Å². The largest absolute Gasteiger partial charge is 0.486 e. The van der Waals surface area contributed by atoms with Gasteiger partial charge in [-0.15, -0.1) is 0 Å². The van der Waals surface area contributed by atoms with Gasteiger partial charge in [0.15, 0.2) is 11.5 Å². The monoisotopic (exact) mass is 486 g/mol. The molecule has 0 fully saturated rings. The molecule has 1 amide bonds. The molecule has 4 rings (SSSR count). The first-order valence-electron chi connectivity index (χ1n) is 10.3. The number of nitrogens with zero attached hydrogens (tertiary/aromatic N) is 1. The Bertz CT molecular complexity index is 1280. The Morgan fingerprint density at radius 1 is 1.00 bits per heavy atom. The lowest BCUT2D eigenvalue weighted by Crippen LogP contribution is -2.29. The molecule has 9 heteroatoms. The van der Waals surface area contributed by atoms with Crippen molar-refractivity contribution in [3.05, 3.63) is 82.9 Å². The normalized spacial score (nSPS) is 13.8. The van der Waals surface area contributed by atoms with Gasteiger partial charge in [-0.25, -0.2) is 8.42 Å². The molecule has 1 heterocycles. The minimum absolute atomic E-state index is 0.0363. The number of ether oxygens (including phenoxy) is 2. The van der Waals surface area contributed by atoms with Crippen molar-refractivity contribution in [3.8, 4) is 11.5 Å². The lowest BCUT2D eigenvalue weighted by molar-refractivity contribution is 0.0939. The maximum absolute atomic E-state index is 13.2. The number of para-hydroxylation sites is 1. The Morgan fingerprint density at radius 2 is 1.70 bits per heavy atom. The number of nitrogens with one attached hydrogen (secondary N) is 1. The summed E-state index contributed by atoms with van der Waals surface area (Å²) in [5.74, 6) is 0.871. The average Bonchev–Trinajstić information content (AvgIpc) is 2.83. The van der Waals surface area contributed by atoms with Crippen LogP contribution in [0.25, 0.3) is 0 Å². The van der Waals surface area contributed by atoms with E-state index in [4.69, 9.17) is 21.1 Å². The van der Waals surface area contributed by atoms with Crippen LogP contribution in [0.4, 0.5) is 5.69 Å². The second-order valence-electron chi connectivity index (χ2n) is 7.55. The van der Waals surface area contributed by atoms with Gasteiger partial charge >= 0.3 is 0 Å². The number of amides is 1. The van der Waals surface area contributed by atoms with Crippen molar-refractivity contribution < 1.29 is 22.7 Å². The summed E-state index contributed by atoms with van der Waals surface area (Å²) in [6.07, 6.45) is 0. The molecule has 0 unspecified atom stereocenters. The van der Waals surface area contributed by atoms with Crippen molar-refractivity contribution in [2.45, 2.75) is 17.9 Å². The van der Waals surface area contributed by atoms with Crippen LogP contribution in [-0.4, -0.2) is 34.6 Å². The van der Waals surface area contributed by atoms with Gasteiger partial charge in [0, 0.05) is 12.6 Å². The molecule has 7 nitrogen and oxygen atoms in total. The van der Waals surface area contributed by atoms with Gasteiger partial charge < -0.3 is 14.8 Å². The van der Waals surface area contributed by atoms with Crippen LogP contribution in [0, 0.1) is 0 Å². The molecular formula is C24H23ClN2O5S. The zero-order valence-electron chi connectivity index (χ0n) is 18.1. The molecule has 33 heavy (non-hydrogen) atoms. The van der Waals surface area contributed by atoms with Crippen LogP contribution < -0.4 is 19.1 Å². The lowest BCUT2D eigenvalue weighted by atomic mass is 10.1. The van der Waals surface area contributed by atoms with Crippen LogP contribution in [0.5, 0.6) is 11.5 Å². The van der Waals surface area contributed by atoms with Gasteiger partial charge in [0.25, 0.3) is 15.9 Å². The zero-order valence-corrected chi connectivity index (χ0v) is 19.7. The third kappa shape index (κ3) is 4.77. The molecule has 3 aromatic rings. The number of carbonyl (C=O) groups excluding carboxylic acids is 1. The van der Waals surface area contributed by atoms with E-state index in [1.54, 1.807) is 36.4 Å². The van der Waals surface area contributed by atoms with Crippen molar-refractivity contribution in [2.75, 3.05) is 24.6 Å². The van der Waals surface area contributed by atoms with E-state index in [-0.39, 0.29) is 21.5 Å². The van der Waals surface area contributed by atoms with Gasteiger partial charge in [-0.1, -0.05) is 35.9 Å². The minimum atomic E-state index is -3.98. The molecule has 1 aliphatic rings. The highest BCUT2D eigenvalue weighted by atomic mass is 35.5. The van der Waals surface area contributed by atoms with Gasteiger partial charge in [0.2, 0.25) is 0 Å². The Hall–Kier alpha value is -3.23. The quantitative estimate of drug-likeness (QED) is 0.557. The molecule has 3 aromatic carbocycles. The molecule has 1 atom stereocenters. The molecule has 0 spiro atoms. The molecule has 172 valence electrons. The summed E-state index contributed by atoms with van der Waals surface area (Å²) in [6, 6.07) is 18.0. The molecule has 0 aromatic heterocycles. The minimum Gasteiger partial charge on any atom is -0.486 e. The van der Waals surface area contributed by atoms with Crippen LogP contribution in [0.2, 0.25) is 5.02 Å². The Morgan fingerprint density at radius 3 is 2.42 bits per heavy atom. The third-order valence-electron chi connectivity index (χ3n) is 5.37. The number of fused-ring (bicyclic) bond motifs is 1. The highest BCUT2D eigenvalue weighted by Crippen LogP contribution is 2.33. The van der Waals surface area contributed by atoms with Gasteiger partial charge in [0.1, 0.15) is 18.1 Å². The lowest BCUT2D eigenvalue weighted by Gasteiger charge is -2.22. The van der Waals surface area contributed by atoms with E-state index in [1.807, 2.05) is 19.1 Å². The van der Waals surface area contributed by atoms with Gasteiger partial charge in [-0.3, -0.25) is 9.10 Å². The molecule has 0 saturated heterocycles. The highest BCUT2D eigenvalue weighted by molar-refractivity contribution is 7.93. The van der Waals surface area contributed by atoms with Gasteiger partial charge in [-0.05, 0) is 55.0 Å². The summed E-state index contributed by atoms with van der Waals surface area (Å²) >= 11 is 6.22. The van der Waals surface area contributed by atoms with E-state index < -0.39 is 15.9 Å². The third-order valence-corrected chi connectivity index (χ3v) is 7.63. The van der Waals surface area contributed by atoms with Crippen LogP contribution in [0.1, 0.15) is 28.9 Å². The second kappa shape index (κ2) is 9.33. The fraction of sp³-hybridized carbons (Fsp3) is 0.208. The number of hydrogen-bond donors (Lipinski definition) is 1. The first kappa shape index (κ1) is 22.9. The van der Waals surface area contributed by atoms with E-state index in [2.05, 4.69) is 5.32 Å². The van der Waals surface area contributed by atoms with E-state index in [0.29, 0.717) is 30.4 Å². The van der Waals surface area contributed by atoms with Crippen molar-refractivity contribution in [2.24, 2.45) is 0 Å². The van der Waals surface area contributed by atoms with E-state index in [1.165, 1.54) is 25.2 Å². The Kier molecular flexibility index (Phi) is 6.49. The number of anilines is 1. The molecule has 1 aliphatic heterocycles. The highest BCUT2D eigenvalue weighted by Gasteiger charge is 2.26. The number of benzene rings is 3. The summed E-state index contributed by atoms with van der Waals surface area (Å²) in [5.41, 5.74) is 1.50. The predicted octanol–water partition coefficient (Wildman–Crippen LogP) is 4.43. The van der Waals surface area contributed by atoms with E-state index >= 15 is 0 Å². The van der Waals surface area contributed by atoms with Crippen LogP contribution in [0.3, 0.4) is 0 Å². The van der Waals surface area contributed by atoms with Crippen molar-refractivity contribution in [1.82, 2.24) is 5.32 Å². The Balaban J connectivity index is 1.56. The number of rotatable bonds is 6. The maximum atomic E-state index is 13.2. The molecule has 0 saturated carbocycles. The van der Waals surface area contributed by atoms with E-state index in [9.17, 15) is 13.2 Å². The predicted molar refractivity (Wildman–Crippen MR) is 127 cm³/mol. The van der Waals surface area contributed by atoms with Crippen LogP contribution >= 0.6 is 11.6 Å². The molecule has 0 bridgehead atoms. The number of sulfonamides is 1. The average molecular weight is 487 g/mol. The van der Waals surface area contributed by atoms with Crippen molar-refractivity contribution >= 4 is 33.2 Å². The Labute approximate surface area is 197 Å². The van der Waals surface area contributed by atoms with E-state index in [0.717, 1.165) is 9.87 Å². The first-order valence-corrected chi connectivity index (χ1v) is 12.1. The summed E-state index contributed by atoms with van der Waals surface area (Å²) in [6.45, 7) is 2.80. The second-order valence-corrected chi connectivity index (χ2v) is 9.90. The number of carbonyl (C=O) groups is 1. The topological polar surface area (TPSA) is 84.9 Å². The van der Waals surface area contributed by atoms with Crippen molar-refractivity contribution in [3.63, 3.8) is 0 Å².